The molecule has 5 nitrogen and oxygen atoms in total. The van der Waals surface area contributed by atoms with Crippen LogP contribution in [0.1, 0.15) is 18.7 Å². The first-order valence-electron chi connectivity index (χ1n) is 7.85. The number of hydrogen-bond acceptors (Lipinski definition) is 3. The summed E-state index contributed by atoms with van der Waals surface area (Å²) in [4.78, 5) is 24.7. The van der Waals surface area contributed by atoms with Gasteiger partial charge in [0.25, 0.3) is 11.5 Å². The molecule has 0 atom stereocenters. The Bertz CT molecular complexity index is 1040. The molecule has 3 aromatic rings. The van der Waals surface area contributed by atoms with Gasteiger partial charge in [0, 0.05) is 19.2 Å². The van der Waals surface area contributed by atoms with Crippen LogP contribution in [0.15, 0.2) is 47.3 Å². The van der Waals surface area contributed by atoms with Crippen LogP contribution in [0.2, 0.25) is 5.02 Å². The van der Waals surface area contributed by atoms with Gasteiger partial charge >= 0.3 is 29.6 Å². The Labute approximate surface area is 179 Å². The van der Waals surface area contributed by atoms with Gasteiger partial charge in [0.15, 0.2) is 0 Å². The molecule has 1 amide bonds. The third kappa shape index (κ3) is 3.40. The standard InChI is InChI=1S/C19H17ClN2O3.Na.H/c1-3-21-18(24)15-17(23)14-13(22(2)19(15)25)10-9-12(16(14)20)11-7-5-4-6-8-11;;/h4-10,23H,3H2,1-2H3,(H,21,24);;/q;+1;-1. The summed E-state index contributed by atoms with van der Waals surface area (Å²) in [6, 6.07) is 13.0. The van der Waals surface area contributed by atoms with E-state index in [0.29, 0.717) is 22.6 Å². The third-order valence-electron chi connectivity index (χ3n) is 4.12. The number of rotatable bonds is 3. The van der Waals surface area contributed by atoms with Crippen LogP contribution >= 0.6 is 11.6 Å². The minimum atomic E-state index is -0.622. The summed E-state index contributed by atoms with van der Waals surface area (Å²) in [7, 11) is 1.55. The molecule has 0 aliphatic rings. The van der Waals surface area contributed by atoms with E-state index in [4.69, 9.17) is 11.6 Å². The minimum absolute atomic E-state index is 0. The van der Waals surface area contributed by atoms with Gasteiger partial charge in [0.05, 0.1) is 15.9 Å². The summed E-state index contributed by atoms with van der Waals surface area (Å²) in [6.07, 6.45) is 0. The largest absolute Gasteiger partial charge is 1.00 e. The topological polar surface area (TPSA) is 71.3 Å². The van der Waals surface area contributed by atoms with Gasteiger partial charge in [-0.2, -0.15) is 0 Å². The van der Waals surface area contributed by atoms with Gasteiger partial charge < -0.3 is 16.4 Å². The smallest absolute Gasteiger partial charge is 1.00 e. The molecule has 1 heterocycles. The maximum Gasteiger partial charge on any atom is 1.00 e. The second-order valence-corrected chi connectivity index (χ2v) is 6.01. The fraction of sp³-hybridized carbons (Fsp3) is 0.158. The Hall–Kier alpha value is -1.79. The Morgan fingerprint density at radius 1 is 1.23 bits per heavy atom. The molecule has 0 aliphatic carbocycles. The van der Waals surface area contributed by atoms with E-state index in [1.165, 1.54) is 4.57 Å². The number of nitrogens with zero attached hydrogens (tertiary/aromatic N) is 1. The fourth-order valence-electron chi connectivity index (χ4n) is 2.87. The fourth-order valence-corrected chi connectivity index (χ4v) is 3.23. The summed E-state index contributed by atoms with van der Waals surface area (Å²) in [6.45, 7) is 2.08. The van der Waals surface area contributed by atoms with Crippen molar-refractivity contribution in [3.8, 4) is 16.9 Å². The predicted octanol–water partition coefficient (Wildman–Crippen LogP) is 0.431. The number of amides is 1. The molecule has 2 aromatic carbocycles. The number of benzene rings is 2. The van der Waals surface area contributed by atoms with Crippen LogP contribution in [-0.2, 0) is 7.05 Å². The van der Waals surface area contributed by atoms with Crippen LogP contribution in [0.5, 0.6) is 5.75 Å². The number of nitrogens with one attached hydrogen (secondary N) is 1. The van der Waals surface area contributed by atoms with E-state index in [0.717, 1.165) is 5.56 Å². The van der Waals surface area contributed by atoms with Crippen molar-refractivity contribution in [2.75, 3.05) is 6.54 Å². The molecular weight excluding hydrogens is 363 g/mol. The van der Waals surface area contributed by atoms with Crippen molar-refractivity contribution in [2.24, 2.45) is 7.05 Å². The average molecular weight is 381 g/mol. The number of aromatic hydroxyl groups is 1. The molecule has 0 spiro atoms. The number of carbonyl (C=O) groups is 1. The molecule has 130 valence electrons. The first kappa shape index (κ1) is 20.5. The molecule has 26 heavy (non-hydrogen) atoms. The SMILES string of the molecule is CCNC(=O)c1c(O)c2c(Cl)c(-c3ccccc3)ccc2n(C)c1=O.[H-].[Na+]. The predicted molar refractivity (Wildman–Crippen MR) is 100 cm³/mol. The molecule has 0 radical (unpaired) electrons. The molecule has 0 saturated carbocycles. The molecule has 2 N–H and O–H groups in total. The van der Waals surface area contributed by atoms with Crippen molar-refractivity contribution in [1.82, 2.24) is 9.88 Å². The number of aryl methyl sites for hydroxylation is 1. The van der Waals surface area contributed by atoms with Gasteiger partial charge in [0.1, 0.15) is 11.3 Å². The van der Waals surface area contributed by atoms with Gasteiger partial charge in [-0.15, -0.1) is 0 Å². The zero-order valence-electron chi connectivity index (χ0n) is 15.8. The second-order valence-electron chi connectivity index (χ2n) is 5.63. The number of carbonyl (C=O) groups excluding carboxylic acids is 1. The van der Waals surface area contributed by atoms with E-state index >= 15 is 0 Å². The Kier molecular flexibility index (Phi) is 6.53. The maximum absolute atomic E-state index is 12.5. The van der Waals surface area contributed by atoms with Gasteiger partial charge in [-0.05, 0) is 18.6 Å². The van der Waals surface area contributed by atoms with Crippen LogP contribution in [0.3, 0.4) is 0 Å². The Morgan fingerprint density at radius 2 is 1.88 bits per heavy atom. The zero-order valence-corrected chi connectivity index (χ0v) is 17.6. The molecule has 0 unspecified atom stereocenters. The van der Waals surface area contributed by atoms with Crippen LogP contribution in [0.4, 0.5) is 0 Å². The molecule has 0 fully saturated rings. The van der Waals surface area contributed by atoms with Crippen molar-refractivity contribution in [2.45, 2.75) is 6.92 Å². The number of aromatic nitrogens is 1. The van der Waals surface area contributed by atoms with Gasteiger partial charge in [0.2, 0.25) is 0 Å². The summed E-state index contributed by atoms with van der Waals surface area (Å²) in [5.41, 5.74) is 1.18. The average Bonchev–Trinajstić information content (AvgIpc) is 2.60. The van der Waals surface area contributed by atoms with Crippen molar-refractivity contribution in [3.63, 3.8) is 0 Å². The number of pyridine rings is 1. The van der Waals surface area contributed by atoms with Crippen LogP contribution in [0.25, 0.3) is 22.0 Å². The molecule has 0 aliphatic heterocycles. The van der Waals surface area contributed by atoms with Crippen LogP contribution in [0, 0.1) is 0 Å². The second kappa shape index (κ2) is 8.27. The molecule has 0 bridgehead atoms. The Balaban J connectivity index is 0.00000182. The van der Waals surface area contributed by atoms with Crippen molar-refractivity contribution >= 4 is 28.4 Å². The van der Waals surface area contributed by atoms with Gasteiger partial charge in [-0.1, -0.05) is 48.0 Å². The van der Waals surface area contributed by atoms with E-state index in [1.54, 1.807) is 26.1 Å². The normalized spacial score (nSPS) is 10.4. The van der Waals surface area contributed by atoms with Crippen LogP contribution < -0.4 is 40.4 Å². The third-order valence-corrected chi connectivity index (χ3v) is 4.52. The number of halogens is 1. The molecule has 3 rings (SSSR count). The van der Waals surface area contributed by atoms with E-state index in [9.17, 15) is 14.7 Å². The number of fused-ring (bicyclic) bond motifs is 1. The van der Waals surface area contributed by atoms with E-state index < -0.39 is 17.2 Å². The molecular formula is C19H18ClN2NaO3. The summed E-state index contributed by atoms with van der Waals surface area (Å²) in [5, 5.41) is 13.8. The summed E-state index contributed by atoms with van der Waals surface area (Å²) in [5.74, 6) is -1.02. The van der Waals surface area contributed by atoms with Crippen molar-refractivity contribution in [1.29, 1.82) is 0 Å². The Morgan fingerprint density at radius 3 is 2.50 bits per heavy atom. The first-order chi connectivity index (χ1) is 12.0. The maximum atomic E-state index is 12.5. The van der Waals surface area contributed by atoms with E-state index in [1.807, 2.05) is 30.3 Å². The van der Waals surface area contributed by atoms with Gasteiger partial charge in [-0.3, -0.25) is 9.59 Å². The summed E-state index contributed by atoms with van der Waals surface area (Å²) >= 11 is 6.55. The quantitative estimate of drug-likeness (QED) is 0.647. The van der Waals surface area contributed by atoms with Crippen molar-refractivity contribution < 1.29 is 40.9 Å². The monoisotopic (exact) mass is 380 g/mol. The van der Waals surface area contributed by atoms with Crippen molar-refractivity contribution in [3.05, 3.63) is 63.4 Å². The summed E-state index contributed by atoms with van der Waals surface area (Å²) < 4.78 is 1.32. The molecule has 1 aromatic heterocycles. The van der Waals surface area contributed by atoms with Crippen LogP contribution in [-0.4, -0.2) is 22.1 Å². The minimum Gasteiger partial charge on any atom is -1.00 e. The van der Waals surface area contributed by atoms with Gasteiger partial charge in [-0.25, -0.2) is 0 Å². The van der Waals surface area contributed by atoms with E-state index in [2.05, 4.69) is 5.32 Å². The van der Waals surface area contributed by atoms with E-state index in [-0.39, 0.29) is 41.9 Å². The number of hydrogen-bond donors (Lipinski definition) is 2. The molecule has 0 saturated heterocycles. The zero-order chi connectivity index (χ0) is 18.1. The first-order valence-corrected chi connectivity index (χ1v) is 8.23. The molecule has 7 heteroatoms.